The smallest absolute Gasteiger partial charge is 0.242 e. The Hall–Kier alpha value is -2.68. The van der Waals surface area contributed by atoms with Crippen LogP contribution in [0.1, 0.15) is 12.0 Å². The van der Waals surface area contributed by atoms with Crippen LogP contribution in [0.25, 0.3) is 5.69 Å². The van der Waals surface area contributed by atoms with E-state index >= 15 is 0 Å². The molecule has 2 aromatic carbocycles. The van der Waals surface area contributed by atoms with Crippen molar-refractivity contribution >= 4 is 27.5 Å². The molecular weight excluding hydrogens is 400 g/mol. The normalized spacial score (nSPS) is 11.3. The average Bonchev–Trinajstić information content (AvgIpc) is 3.21. The number of para-hydroxylation sites is 1. The van der Waals surface area contributed by atoms with Crippen molar-refractivity contribution in [3.63, 3.8) is 0 Å². The Bertz CT molecular complexity index is 1050. The molecule has 1 heterocycles. The first-order valence-corrected chi connectivity index (χ1v) is 10.4. The van der Waals surface area contributed by atoms with Crippen LogP contribution >= 0.6 is 11.6 Å². The van der Waals surface area contributed by atoms with Crippen molar-refractivity contribution in [2.24, 2.45) is 0 Å². The zero-order chi connectivity index (χ0) is 20.0. The Labute approximate surface area is 168 Å². The molecule has 0 aliphatic carbocycles. The summed E-state index contributed by atoms with van der Waals surface area (Å²) >= 11 is 5.92. The summed E-state index contributed by atoms with van der Waals surface area (Å²) in [7, 11) is -3.76. The minimum absolute atomic E-state index is 0.00802. The molecule has 1 aromatic heterocycles. The van der Waals surface area contributed by atoms with Crippen LogP contribution in [-0.4, -0.2) is 30.4 Å². The van der Waals surface area contributed by atoms with Crippen molar-refractivity contribution < 1.29 is 13.2 Å². The lowest BCUT2D eigenvalue weighted by atomic mass is 10.1. The lowest BCUT2D eigenvalue weighted by Gasteiger charge is -2.12. The largest absolute Gasteiger partial charge is 0.352 e. The number of aromatic nitrogens is 2. The lowest BCUT2D eigenvalue weighted by Crippen LogP contribution is -2.30. The number of sulfonamides is 1. The molecule has 0 saturated carbocycles. The maximum Gasteiger partial charge on any atom is 0.242 e. The van der Waals surface area contributed by atoms with Crippen LogP contribution in [0, 0.1) is 0 Å². The number of hydrogen-bond acceptors (Lipinski definition) is 4. The second kappa shape index (κ2) is 9.01. The van der Waals surface area contributed by atoms with E-state index in [9.17, 15) is 13.2 Å². The number of rotatable bonds is 8. The van der Waals surface area contributed by atoms with Crippen molar-refractivity contribution in [1.82, 2.24) is 19.6 Å². The summed E-state index contributed by atoms with van der Waals surface area (Å²) in [4.78, 5) is 16.1. The molecule has 0 unspecified atom stereocenters. The SMILES string of the molecule is O=C(CCNS(=O)(=O)c1ccccc1Cl)NCc1ccccc1-n1ccnc1. The van der Waals surface area contributed by atoms with Gasteiger partial charge < -0.3 is 9.88 Å². The first-order valence-electron chi connectivity index (χ1n) is 8.54. The van der Waals surface area contributed by atoms with Crippen molar-refractivity contribution in [1.29, 1.82) is 0 Å². The molecule has 0 radical (unpaired) electrons. The fourth-order valence-electron chi connectivity index (χ4n) is 2.64. The molecule has 1 amide bonds. The Morgan fingerprint density at radius 2 is 1.86 bits per heavy atom. The highest BCUT2D eigenvalue weighted by molar-refractivity contribution is 7.89. The predicted octanol–water partition coefficient (Wildman–Crippen LogP) is 2.51. The van der Waals surface area contributed by atoms with Gasteiger partial charge in [-0.3, -0.25) is 4.79 Å². The molecular formula is C19H19ClN4O3S. The van der Waals surface area contributed by atoms with E-state index in [0.29, 0.717) is 6.54 Å². The summed E-state index contributed by atoms with van der Waals surface area (Å²) in [6.45, 7) is 0.299. The molecule has 9 heteroatoms. The number of carbonyl (C=O) groups excluding carboxylic acids is 1. The van der Waals surface area contributed by atoms with Crippen molar-refractivity contribution in [3.05, 3.63) is 77.8 Å². The quantitative estimate of drug-likeness (QED) is 0.587. The zero-order valence-corrected chi connectivity index (χ0v) is 16.4. The van der Waals surface area contributed by atoms with Gasteiger partial charge in [-0.25, -0.2) is 18.1 Å². The topological polar surface area (TPSA) is 93.1 Å². The molecule has 7 nitrogen and oxygen atoms in total. The van der Waals surface area contributed by atoms with E-state index in [4.69, 9.17) is 11.6 Å². The maximum atomic E-state index is 12.3. The van der Waals surface area contributed by atoms with E-state index in [2.05, 4.69) is 15.0 Å². The summed E-state index contributed by atoms with van der Waals surface area (Å²) in [5.74, 6) is -0.262. The van der Waals surface area contributed by atoms with E-state index in [1.165, 1.54) is 12.1 Å². The lowest BCUT2D eigenvalue weighted by molar-refractivity contribution is -0.121. The van der Waals surface area contributed by atoms with Crippen LogP contribution < -0.4 is 10.0 Å². The monoisotopic (exact) mass is 418 g/mol. The van der Waals surface area contributed by atoms with E-state index in [1.807, 2.05) is 35.0 Å². The number of amides is 1. The predicted molar refractivity (Wildman–Crippen MR) is 107 cm³/mol. The third-order valence-corrected chi connectivity index (χ3v) is 5.98. The van der Waals surface area contributed by atoms with E-state index in [-0.39, 0.29) is 28.8 Å². The van der Waals surface area contributed by atoms with Crippen LogP contribution in [0.15, 0.2) is 72.1 Å². The van der Waals surface area contributed by atoms with E-state index in [1.54, 1.807) is 24.7 Å². The molecule has 146 valence electrons. The van der Waals surface area contributed by atoms with Crippen LogP contribution in [-0.2, 0) is 21.4 Å². The summed E-state index contributed by atoms with van der Waals surface area (Å²) in [5.41, 5.74) is 1.84. The minimum Gasteiger partial charge on any atom is -0.352 e. The van der Waals surface area contributed by atoms with Gasteiger partial charge in [0.1, 0.15) is 4.90 Å². The molecule has 0 atom stereocenters. The molecule has 0 fully saturated rings. The highest BCUT2D eigenvalue weighted by Gasteiger charge is 2.17. The first-order chi connectivity index (χ1) is 13.5. The highest BCUT2D eigenvalue weighted by Crippen LogP contribution is 2.20. The van der Waals surface area contributed by atoms with Crippen LogP contribution in [0.2, 0.25) is 5.02 Å². The highest BCUT2D eigenvalue weighted by atomic mass is 35.5. The number of carbonyl (C=O) groups is 1. The molecule has 0 spiro atoms. The third kappa shape index (κ3) is 4.98. The van der Waals surface area contributed by atoms with Crippen molar-refractivity contribution in [2.45, 2.75) is 17.9 Å². The standard InChI is InChI=1S/C19H19ClN4O3S/c20-16-6-2-4-8-18(16)28(26,27)23-10-9-19(25)22-13-15-5-1-3-7-17(15)24-12-11-21-14-24/h1-8,11-12,14,23H,9-10,13H2,(H,22,25). The fraction of sp³-hybridized carbons (Fsp3) is 0.158. The average molecular weight is 419 g/mol. The van der Waals surface area contributed by atoms with Gasteiger partial charge >= 0.3 is 0 Å². The minimum atomic E-state index is -3.76. The number of halogens is 1. The Balaban J connectivity index is 1.53. The maximum absolute atomic E-state index is 12.3. The molecule has 2 N–H and O–H groups in total. The number of imidazole rings is 1. The Morgan fingerprint density at radius 1 is 1.11 bits per heavy atom. The van der Waals surface area contributed by atoms with Gasteiger partial charge in [0.05, 0.1) is 17.0 Å². The van der Waals surface area contributed by atoms with E-state index < -0.39 is 10.0 Å². The molecule has 3 aromatic rings. The number of nitrogens with one attached hydrogen (secondary N) is 2. The van der Waals surface area contributed by atoms with Gasteiger partial charge in [0.25, 0.3) is 0 Å². The van der Waals surface area contributed by atoms with Gasteiger partial charge in [0.15, 0.2) is 0 Å². The van der Waals surface area contributed by atoms with Crippen LogP contribution in [0.4, 0.5) is 0 Å². The molecule has 0 bridgehead atoms. The van der Waals surface area contributed by atoms with Gasteiger partial charge in [0, 0.05) is 31.9 Å². The van der Waals surface area contributed by atoms with Gasteiger partial charge in [-0.05, 0) is 23.8 Å². The van der Waals surface area contributed by atoms with Crippen molar-refractivity contribution in [3.8, 4) is 5.69 Å². The summed E-state index contributed by atoms with van der Waals surface area (Å²) in [6, 6.07) is 13.8. The molecule has 0 aliphatic rings. The van der Waals surface area contributed by atoms with E-state index in [0.717, 1.165) is 11.3 Å². The second-order valence-corrected chi connectivity index (χ2v) is 8.10. The summed E-state index contributed by atoms with van der Waals surface area (Å²) < 4.78 is 28.8. The Morgan fingerprint density at radius 3 is 2.61 bits per heavy atom. The number of hydrogen-bond donors (Lipinski definition) is 2. The zero-order valence-electron chi connectivity index (χ0n) is 14.9. The van der Waals surface area contributed by atoms with Gasteiger partial charge in [-0.15, -0.1) is 0 Å². The molecule has 0 saturated heterocycles. The number of nitrogens with zero attached hydrogens (tertiary/aromatic N) is 2. The third-order valence-electron chi connectivity index (χ3n) is 4.02. The van der Waals surface area contributed by atoms with Crippen LogP contribution in [0.3, 0.4) is 0 Å². The Kier molecular flexibility index (Phi) is 6.45. The van der Waals surface area contributed by atoms with Gasteiger partial charge in [0.2, 0.25) is 15.9 Å². The molecule has 0 aliphatic heterocycles. The van der Waals surface area contributed by atoms with Gasteiger partial charge in [-0.1, -0.05) is 41.9 Å². The summed E-state index contributed by atoms with van der Waals surface area (Å²) in [6.07, 6.45) is 5.20. The number of benzene rings is 2. The van der Waals surface area contributed by atoms with Crippen LogP contribution in [0.5, 0.6) is 0 Å². The molecule has 3 rings (SSSR count). The fourth-order valence-corrected chi connectivity index (χ4v) is 4.18. The molecule has 28 heavy (non-hydrogen) atoms. The first kappa shape index (κ1) is 20.1. The summed E-state index contributed by atoms with van der Waals surface area (Å²) in [5, 5.41) is 2.94. The van der Waals surface area contributed by atoms with Crippen molar-refractivity contribution in [2.75, 3.05) is 6.54 Å². The second-order valence-electron chi connectivity index (χ2n) is 5.95. The van der Waals surface area contributed by atoms with Gasteiger partial charge in [-0.2, -0.15) is 0 Å².